The lowest BCUT2D eigenvalue weighted by Gasteiger charge is -2.21. The maximum absolute atomic E-state index is 12.2. The first kappa shape index (κ1) is 15.0. The van der Waals surface area contributed by atoms with Crippen LogP contribution in [0.5, 0.6) is 11.5 Å². The number of amides is 1. The van der Waals surface area contributed by atoms with Crippen molar-refractivity contribution in [3.05, 3.63) is 23.8 Å². The van der Waals surface area contributed by atoms with E-state index >= 15 is 0 Å². The lowest BCUT2D eigenvalue weighted by molar-refractivity contribution is -0.131. The van der Waals surface area contributed by atoms with E-state index in [9.17, 15) is 14.4 Å². The normalized spacial score (nSPS) is 18.3. The lowest BCUT2D eigenvalue weighted by Crippen LogP contribution is -2.44. The molecule has 1 aromatic rings. The van der Waals surface area contributed by atoms with Gasteiger partial charge in [0.05, 0.1) is 26.7 Å². The van der Waals surface area contributed by atoms with E-state index in [2.05, 4.69) is 5.32 Å². The number of methoxy groups -OCH3 is 2. The first-order valence-corrected chi connectivity index (χ1v) is 6.62. The van der Waals surface area contributed by atoms with Gasteiger partial charge in [0.15, 0.2) is 5.78 Å². The number of benzene rings is 1. The SMILES string of the molecule is COc1cc(OC)cc(C(=O)NC2CCC(=O)CC2=O)c1. The number of Topliss-reactive ketones (excluding diaryl/α,β-unsaturated/α-hetero) is 2. The molecule has 0 heterocycles. The van der Waals surface area contributed by atoms with E-state index in [-0.39, 0.29) is 23.9 Å². The maximum Gasteiger partial charge on any atom is 0.252 e. The number of hydrogen-bond donors (Lipinski definition) is 1. The Morgan fingerprint density at radius 1 is 1.14 bits per heavy atom. The molecule has 1 aromatic carbocycles. The summed E-state index contributed by atoms with van der Waals surface area (Å²) in [6, 6.07) is 4.18. The minimum absolute atomic E-state index is 0.0754. The second kappa shape index (κ2) is 6.39. The van der Waals surface area contributed by atoms with Crippen molar-refractivity contribution in [2.45, 2.75) is 25.3 Å². The van der Waals surface area contributed by atoms with Gasteiger partial charge < -0.3 is 14.8 Å². The summed E-state index contributed by atoms with van der Waals surface area (Å²) in [5.41, 5.74) is 0.343. The molecule has 21 heavy (non-hydrogen) atoms. The van der Waals surface area contributed by atoms with Gasteiger partial charge in [0.2, 0.25) is 0 Å². The van der Waals surface area contributed by atoms with Gasteiger partial charge in [-0.25, -0.2) is 0 Å². The Hall–Kier alpha value is -2.37. The molecule has 6 nitrogen and oxygen atoms in total. The van der Waals surface area contributed by atoms with Crippen LogP contribution < -0.4 is 14.8 Å². The van der Waals surface area contributed by atoms with Gasteiger partial charge >= 0.3 is 0 Å². The van der Waals surface area contributed by atoms with E-state index in [1.165, 1.54) is 14.2 Å². The number of carbonyl (C=O) groups is 3. The van der Waals surface area contributed by atoms with Crippen molar-refractivity contribution in [1.82, 2.24) is 5.32 Å². The second-order valence-corrected chi connectivity index (χ2v) is 4.85. The van der Waals surface area contributed by atoms with Gasteiger partial charge in [-0.15, -0.1) is 0 Å². The Bertz CT molecular complexity index is 559. The first-order valence-electron chi connectivity index (χ1n) is 6.62. The molecule has 112 valence electrons. The van der Waals surface area contributed by atoms with Crippen LogP contribution >= 0.6 is 0 Å². The van der Waals surface area contributed by atoms with Crippen LogP contribution in [0.4, 0.5) is 0 Å². The van der Waals surface area contributed by atoms with E-state index in [1.807, 2.05) is 0 Å². The Morgan fingerprint density at radius 3 is 2.29 bits per heavy atom. The predicted octanol–water partition coefficient (Wildman–Crippen LogP) is 1.12. The molecular formula is C15H17NO5. The second-order valence-electron chi connectivity index (χ2n) is 4.85. The monoisotopic (exact) mass is 291 g/mol. The Kier molecular flexibility index (Phi) is 4.57. The summed E-state index contributed by atoms with van der Waals surface area (Å²) in [7, 11) is 2.99. The standard InChI is InChI=1S/C15H17NO5/c1-20-11-5-9(6-12(8-11)21-2)15(19)16-13-4-3-10(17)7-14(13)18/h5-6,8,13H,3-4,7H2,1-2H3,(H,16,19). The van der Waals surface area contributed by atoms with Crippen LogP contribution in [0.25, 0.3) is 0 Å². The minimum Gasteiger partial charge on any atom is -0.497 e. The third kappa shape index (κ3) is 3.59. The van der Waals surface area contributed by atoms with E-state index in [1.54, 1.807) is 18.2 Å². The van der Waals surface area contributed by atoms with Crippen molar-refractivity contribution < 1.29 is 23.9 Å². The number of carbonyl (C=O) groups excluding carboxylic acids is 3. The van der Waals surface area contributed by atoms with Crippen LogP contribution in [-0.2, 0) is 9.59 Å². The summed E-state index contributed by atoms with van der Waals surface area (Å²) >= 11 is 0. The predicted molar refractivity (Wildman–Crippen MR) is 74.7 cm³/mol. The highest BCUT2D eigenvalue weighted by atomic mass is 16.5. The lowest BCUT2D eigenvalue weighted by atomic mass is 9.93. The zero-order chi connectivity index (χ0) is 15.4. The van der Waals surface area contributed by atoms with Crippen molar-refractivity contribution in [1.29, 1.82) is 0 Å². The van der Waals surface area contributed by atoms with Crippen LogP contribution in [0.3, 0.4) is 0 Å². The number of ketones is 2. The van der Waals surface area contributed by atoms with Crippen molar-refractivity contribution in [3.63, 3.8) is 0 Å². The molecule has 1 unspecified atom stereocenters. The van der Waals surface area contributed by atoms with E-state index in [4.69, 9.17) is 9.47 Å². The molecule has 0 spiro atoms. The molecule has 1 amide bonds. The van der Waals surface area contributed by atoms with Crippen molar-refractivity contribution in [2.75, 3.05) is 14.2 Å². The fourth-order valence-electron chi connectivity index (χ4n) is 2.21. The summed E-state index contributed by atoms with van der Waals surface area (Å²) in [4.78, 5) is 35.1. The highest BCUT2D eigenvalue weighted by molar-refractivity contribution is 6.06. The summed E-state index contributed by atoms with van der Waals surface area (Å²) < 4.78 is 10.2. The zero-order valence-electron chi connectivity index (χ0n) is 12.0. The Morgan fingerprint density at radius 2 is 1.76 bits per heavy atom. The third-order valence-corrected chi connectivity index (χ3v) is 3.39. The summed E-state index contributed by atoms with van der Waals surface area (Å²) in [6.07, 6.45) is 0.564. The molecule has 1 N–H and O–H groups in total. The van der Waals surface area contributed by atoms with Gasteiger partial charge in [0, 0.05) is 18.1 Å². The zero-order valence-corrected chi connectivity index (χ0v) is 12.0. The smallest absolute Gasteiger partial charge is 0.252 e. The molecule has 1 aliphatic rings. The van der Waals surface area contributed by atoms with E-state index in [0.717, 1.165) is 0 Å². The molecule has 0 radical (unpaired) electrons. The van der Waals surface area contributed by atoms with E-state index < -0.39 is 6.04 Å². The van der Waals surface area contributed by atoms with Crippen molar-refractivity contribution >= 4 is 17.5 Å². The van der Waals surface area contributed by atoms with Gasteiger partial charge in [-0.05, 0) is 18.6 Å². The molecular weight excluding hydrogens is 274 g/mol. The molecule has 0 aromatic heterocycles. The Labute approximate surface area is 122 Å². The fraction of sp³-hybridized carbons (Fsp3) is 0.400. The highest BCUT2D eigenvalue weighted by Crippen LogP contribution is 2.23. The molecule has 1 saturated carbocycles. The Balaban J connectivity index is 2.13. The largest absolute Gasteiger partial charge is 0.497 e. The van der Waals surface area contributed by atoms with Gasteiger partial charge in [0.1, 0.15) is 17.3 Å². The number of rotatable bonds is 4. The molecule has 2 rings (SSSR count). The number of hydrogen-bond acceptors (Lipinski definition) is 5. The average molecular weight is 291 g/mol. The van der Waals surface area contributed by atoms with Gasteiger partial charge in [0.25, 0.3) is 5.91 Å². The molecule has 1 atom stereocenters. The molecule has 0 bridgehead atoms. The van der Waals surface area contributed by atoms with Crippen LogP contribution in [0.2, 0.25) is 0 Å². The maximum atomic E-state index is 12.2. The topological polar surface area (TPSA) is 81.7 Å². The quantitative estimate of drug-likeness (QED) is 0.841. The third-order valence-electron chi connectivity index (χ3n) is 3.39. The van der Waals surface area contributed by atoms with Gasteiger partial charge in [-0.3, -0.25) is 14.4 Å². The van der Waals surface area contributed by atoms with Crippen molar-refractivity contribution in [2.24, 2.45) is 0 Å². The molecule has 1 fully saturated rings. The van der Waals surface area contributed by atoms with Crippen LogP contribution in [0.15, 0.2) is 18.2 Å². The molecule has 0 aliphatic heterocycles. The fourth-order valence-corrected chi connectivity index (χ4v) is 2.21. The number of nitrogens with one attached hydrogen (secondary N) is 1. The van der Waals surface area contributed by atoms with Crippen LogP contribution in [0, 0.1) is 0 Å². The summed E-state index contributed by atoms with van der Waals surface area (Å²) in [6.45, 7) is 0. The molecule has 1 aliphatic carbocycles. The van der Waals surface area contributed by atoms with Crippen LogP contribution in [0.1, 0.15) is 29.6 Å². The van der Waals surface area contributed by atoms with Gasteiger partial charge in [-0.2, -0.15) is 0 Å². The minimum atomic E-state index is -0.604. The molecule has 6 heteroatoms. The molecule has 0 saturated heterocycles. The highest BCUT2D eigenvalue weighted by Gasteiger charge is 2.28. The van der Waals surface area contributed by atoms with Crippen LogP contribution in [-0.4, -0.2) is 37.7 Å². The first-order chi connectivity index (χ1) is 10.0. The average Bonchev–Trinajstić information content (AvgIpc) is 2.49. The summed E-state index contributed by atoms with van der Waals surface area (Å²) in [5, 5.41) is 2.66. The summed E-state index contributed by atoms with van der Waals surface area (Å²) in [5.74, 6) is 0.275. The van der Waals surface area contributed by atoms with Gasteiger partial charge in [-0.1, -0.05) is 0 Å². The van der Waals surface area contributed by atoms with Crippen molar-refractivity contribution in [3.8, 4) is 11.5 Å². The van der Waals surface area contributed by atoms with E-state index in [0.29, 0.717) is 29.9 Å². The number of ether oxygens (including phenoxy) is 2.